The Morgan fingerprint density at radius 2 is 1.90 bits per heavy atom. The number of benzene rings is 1. The number of aromatic amines is 2. The Hall–Kier alpha value is -4.93. The van der Waals surface area contributed by atoms with Gasteiger partial charge < -0.3 is 18.3 Å². The van der Waals surface area contributed by atoms with E-state index in [0.717, 1.165) is 17.8 Å². The van der Waals surface area contributed by atoms with E-state index in [-0.39, 0.29) is 5.90 Å². The van der Waals surface area contributed by atoms with Crippen molar-refractivity contribution in [3.63, 3.8) is 0 Å². The van der Waals surface area contributed by atoms with E-state index in [9.17, 15) is 0 Å². The van der Waals surface area contributed by atoms with E-state index >= 15 is 0 Å². The van der Waals surface area contributed by atoms with Crippen molar-refractivity contribution < 1.29 is 13.3 Å². The first kappa shape index (κ1) is 24.8. The first-order chi connectivity index (χ1) is 20.8. The summed E-state index contributed by atoms with van der Waals surface area (Å²) < 4.78 is 25.1. The number of nitrogens with zero attached hydrogens (tertiary/aromatic N) is 8. The van der Waals surface area contributed by atoms with Crippen LogP contribution in [0.3, 0.4) is 0 Å². The molecule has 5 aromatic heterocycles. The van der Waals surface area contributed by atoms with Gasteiger partial charge in [-0.1, -0.05) is 30.3 Å². The summed E-state index contributed by atoms with van der Waals surface area (Å²) in [5.41, 5.74) is -2.23. The van der Waals surface area contributed by atoms with Crippen LogP contribution in [-0.2, 0) is 25.4 Å². The van der Waals surface area contributed by atoms with Gasteiger partial charge in [0.05, 0.1) is 30.0 Å². The van der Waals surface area contributed by atoms with Gasteiger partial charge in [0.25, 0.3) is 0 Å². The van der Waals surface area contributed by atoms with Crippen molar-refractivity contribution in [2.45, 2.75) is 22.5 Å². The maximum Gasteiger partial charge on any atom is 0.241 e. The molecule has 14 nitrogen and oxygen atoms in total. The maximum atomic E-state index is 7.47. The third-order valence-electron chi connectivity index (χ3n) is 7.79. The normalized spacial score (nSPS) is 27.0. The summed E-state index contributed by atoms with van der Waals surface area (Å²) in [6.45, 7) is 0. The number of imidazole rings is 1. The van der Waals surface area contributed by atoms with Crippen LogP contribution < -0.4 is 4.83 Å². The molecule has 208 valence electrons. The van der Waals surface area contributed by atoms with Crippen LogP contribution in [0.2, 0.25) is 0 Å². The molecule has 0 saturated carbocycles. The minimum absolute atomic E-state index is 0.236. The lowest BCUT2D eigenvalue weighted by atomic mass is 9.49. The smallest absolute Gasteiger partial charge is 0.241 e. The summed E-state index contributed by atoms with van der Waals surface area (Å²) in [6, 6.07) is 17.1. The molecule has 42 heavy (non-hydrogen) atoms. The summed E-state index contributed by atoms with van der Waals surface area (Å²) in [6.07, 6.45) is 7.23. The van der Waals surface area contributed by atoms with Crippen molar-refractivity contribution in [3.05, 3.63) is 125 Å². The molecule has 0 aliphatic carbocycles. The van der Waals surface area contributed by atoms with Crippen molar-refractivity contribution in [3.8, 4) is 0 Å². The Kier molecular flexibility index (Phi) is 5.66. The number of hydrogen-bond donors (Lipinski definition) is 3. The fourth-order valence-corrected chi connectivity index (χ4v) is 7.43. The lowest BCUT2D eigenvalue weighted by Gasteiger charge is -2.48. The average molecular weight is 598 g/mol. The zero-order valence-corrected chi connectivity index (χ0v) is 23.0. The van der Waals surface area contributed by atoms with Crippen molar-refractivity contribution in [1.29, 1.82) is 0 Å². The maximum absolute atomic E-state index is 7.47. The number of nitrogens with one attached hydrogen (secondary N) is 3. The molecule has 3 N–H and O–H groups in total. The van der Waals surface area contributed by atoms with Crippen molar-refractivity contribution >= 4 is 29.7 Å². The third kappa shape index (κ3) is 3.07. The van der Waals surface area contributed by atoms with Crippen molar-refractivity contribution in [2.75, 3.05) is 0 Å². The number of hydrogen-bond acceptors (Lipinski definition) is 14. The first-order valence-electron chi connectivity index (χ1n) is 12.7. The fourth-order valence-electron chi connectivity index (χ4n) is 6.46. The SMILES string of the molecule is c1ccc(C2(c3cn[nH]n3)OC(c3ncc[nH]3)C(C3=NNSO3)(c3ccnnn3)C2(c2ccsn2)c2ccco2)cc1. The second-order valence-corrected chi connectivity index (χ2v) is 10.7. The van der Waals surface area contributed by atoms with Gasteiger partial charge in [-0.3, -0.25) is 0 Å². The van der Waals surface area contributed by atoms with Crippen molar-refractivity contribution in [1.82, 2.24) is 50.0 Å². The van der Waals surface area contributed by atoms with Crippen LogP contribution in [0.15, 0.2) is 101 Å². The molecule has 1 aromatic carbocycles. The van der Waals surface area contributed by atoms with E-state index in [2.05, 4.69) is 50.7 Å². The van der Waals surface area contributed by atoms with Gasteiger partial charge in [-0.05, 0) is 46.6 Å². The van der Waals surface area contributed by atoms with Crippen LogP contribution >= 0.6 is 23.8 Å². The highest BCUT2D eigenvalue weighted by atomic mass is 32.2. The summed E-state index contributed by atoms with van der Waals surface area (Å²) in [5, 5.41) is 30.9. The standard InChI is InChI=1S/C26H19N11O3S2/c1-2-5-16(6-3-1)26(19-15-30-36-32-19)25(18-9-14-41-34-18,20-7-4-13-38-20)24(23-33-37-42-40-23,17-8-10-29-35-31-17)21(39-26)22-27-11-12-28-22/h1-15,21,37H,(H,27,28)(H,30,32,36). The molecule has 0 spiro atoms. The fraction of sp³-hybridized carbons (Fsp3) is 0.154. The highest BCUT2D eigenvalue weighted by Gasteiger charge is 2.83. The zero-order chi connectivity index (χ0) is 28.0. The summed E-state index contributed by atoms with van der Waals surface area (Å²) in [4.78, 5) is 10.8. The number of ether oxygens (including phenoxy) is 1. The highest BCUT2D eigenvalue weighted by Crippen LogP contribution is 2.72. The van der Waals surface area contributed by atoms with Gasteiger partial charge in [0.15, 0.2) is 17.8 Å². The monoisotopic (exact) mass is 597 g/mol. The highest BCUT2D eigenvalue weighted by molar-refractivity contribution is 7.93. The van der Waals surface area contributed by atoms with Gasteiger partial charge in [-0.15, -0.1) is 15.3 Å². The average Bonchev–Trinajstić information content (AvgIpc) is 3.89. The molecule has 0 bridgehead atoms. The molecule has 16 heteroatoms. The zero-order valence-electron chi connectivity index (χ0n) is 21.4. The Labute approximate surface area is 245 Å². The van der Waals surface area contributed by atoms with Gasteiger partial charge in [-0.2, -0.15) is 19.8 Å². The van der Waals surface area contributed by atoms with E-state index in [1.165, 1.54) is 11.5 Å². The Balaban J connectivity index is 1.66. The molecule has 8 rings (SSSR count). The van der Waals surface area contributed by atoms with Gasteiger partial charge in [0, 0.05) is 17.8 Å². The largest absolute Gasteiger partial charge is 0.468 e. The quantitative estimate of drug-likeness (QED) is 0.181. The number of aromatic nitrogens is 9. The van der Waals surface area contributed by atoms with Crippen LogP contribution in [0.1, 0.15) is 40.3 Å². The lowest BCUT2D eigenvalue weighted by Crippen LogP contribution is -2.62. The predicted octanol–water partition coefficient (Wildman–Crippen LogP) is 3.20. The summed E-state index contributed by atoms with van der Waals surface area (Å²) in [5.74, 6) is 1.19. The van der Waals surface area contributed by atoms with Crippen molar-refractivity contribution in [2.24, 2.45) is 5.10 Å². The molecular weight excluding hydrogens is 578 g/mol. The third-order valence-corrected chi connectivity index (χ3v) is 8.76. The van der Waals surface area contributed by atoms with E-state index in [1.807, 2.05) is 53.9 Å². The van der Waals surface area contributed by atoms with Gasteiger partial charge in [0.2, 0.25) is 5.90 Å². The number of rotatable bonds is 7. The molecular formula is C26H19N11O3S2. The summed E-state index contributed by atoms with van der Waals surface area (Å²) in [7, 11) is 0. The van der Waals surface area contributed by atoms with Crippen LogP contribution in [0, 0.1) is 0 Å². The molecule has 0 amide bonds. The first-order valence-corrected chi connectivity index (χ1v) is 14.3. The molecule has 1 saturated heterocycles. The van der Waals surface area contributed by atoms with E-state index in [0.29, 0.717) is 28.7 Å². The topological polar surface area (TPSA) is 178 Å². The van der Waals surface area contributed by atoms with E-state index in [4.69, 9.17) is 17.7 Å². The van der Waals surface area contributed by atoms with Gasteiger partial charge in [-0.25, -0.2) is 9.82 Å². The molecule has 2 aliphatic rings. The van der Waals surface area contributed by atoms with Crippen LogP contribution in [0.4, 0.5) is 0 Å². The van der Waals surface area contributed by atoms with E-state index in [1.54, 1.807) is 37.1 Å². The molecule has 2 aliphatic heterocycles. The predicted molar refractivity (Wildman–Crippen MR) is 148 cm³/mol. The second-order valence-electron chi connectivity index (χ2n) is 9.48. The molecule has 7 heterocycles. The summed E-state index contributed by atoms with van der Waals surface area (Å²) >= 11 is 2.25. The number of H-pyrrole nitrogens is 2. The van der Waals surface area contributed by atoms with Gasteiger partial charge >= 0.3 is 0 Å². The van der Waals surface area contributed by atoms with Crippen LogP contribution in [0.5, 0.6) is 0 Å². The lowest BCUT2D eigenvalue weighted by molar-refractivity contribution is -0.0468. The van der Waals surface area contributed by atoms with Crippen LogP contribution in [0.25, 0.3) is 0 Å². The number of furan rings is 1. The molecule has 4 atom stereocenters. The molecule has 6 aromatic rings. The Bertz CT molecular complexity index is 1770. The minimum atomic E-state index is -1.49. The molecule has 4 unspecified atom stereocenters. The Morgan fingerprint density at radius 1 is 0.952 bits per heavy atom. The van der Waals surface area contributed by atoms with Crippen LogP contribution in [-0.4, -0.2) is 51.1 Å². The van der Waals surface area contributed by atoms with E-state index < -0.39 is 22.5 Å². The second kappa shape index (κ2) is 9.57. The minimum Gasteiger partial charge on any atom is -0.468 e. The van der Waals surface area contributed by atoms with Gasteiger partial charge in [0.1, 0.15) is 34.2 Å². The number of hydrazone groups is 1. The Morgan fingerprint density at radius 3 is 2.57 bits per heavy atom. The molecule has 1 fully saturated rings. The molecule has 0 radical (unpaired) electrons.